The van der Waals surface area contributed by atoms with E-state index in [0.29, 0.717) is 16.4 Å². The number of rotatable bonds is 0. The minimum atomic E-state index is -0.611. The van der Waals surface area contributed by atoms with Crippen LogP contribution in [0.4, 0.5) is 4.39 Å². The number of H-pyrrole nitrogens is 2. The number of hydrogen-bond acceptors (Lipinski definition) is 3. The zero-order valence-corrected chi connectivity index (χ0v) is 9.80. The SMILES string of the molecule is O=c1[nH]c2cnc3cc(F)c(Br)c(O)c3c2[nH]1. The summed E-state index contributed by atoms with van der Waals surface area (Å²) in [5.41, 5.74) is 0.717. The fraction of sp³-hybridized carbons (Fsp3) is 0. The molecule has 5 nitrogen and oxygen atoms in total. The third kappa shape index (κ3) is 1.35. The van der Waals surface area contributed by atoms with E-state index in [2.05, 4.69) is 30.9 Å². The van der Waals surface area contributed by atoms with E-state index in [1.807, 2.05) is 0 Å². The molecule has 0 aliphatic rings. The largest absolute Gasteiger partial charge is 0.506 e. The number of nitrogens with one attached hydrogen (secondary N) is 2. The fourth-order valence-corrected chi connectivity index (χ4v) is 2.09. The van der Waals surface area contributed by atoms with Crippen molar-refractivity contribution in [2.45, 2.75) is 0 Å². The molecule has 1 aromatic carbocycles. The third-order valence-electron chi connectivity index (χ3n) is 2.51. The van der Waals surface area contributed by atoms with Gasteiger partial charge in [-0.1, -0.05) is 0 Å². The van der Waals surface area contributed by atoms with Crippen molar-refractivity contribution >= 4 is 37.9 Å². The van der Waals surface area contributed by atoms with Crippen LogP contribution >= 0.6 is 15.9 Å². The Morgan fingerprint density at radius 3 is 2.94 bits per heavy atom. The number of fused-ring (bicyclic) bond motifs is 3. The summed E-state index contributed by atoms with van der Waals surface area (Å²) >= 11 is 2.94. The van der Waals surface area contributed by atoms with Gasteiger partial charge in [-0.2, -0.15) is 0 Å². The van der Waals surface area contributed by atoms with Crippen LogP contribution in [0.15, 0.2) is 21.5 Å². The van der Waals surface area contributed by atoms with Gasteiger partial charge in [0.05, 0.1) is 32.6 Å². The second-order valence-corrected chi connectivity index (χ2v) is 4.33. The van der Waals surface area contributed by atoms with E-state index in [-0.39, 0.29) is 15.7 Å². The molecule has 3 N–H and O–H groups in total. The van der Waals surface area contributed by atoms with E-state index in [9.17, 15) is 14.3 Å². The second-order valence-electron chi connectivity index (χ2n) is 3.54. The number of nitrogens with zero attached hydrogens (tertiary/aromatic N) is 1. The summed E-state index contributed by atoms with van der Waals surface area (Å²) in [6.07, 6.45) is 1.41. The molecule has 0 saturated carbocycles. The number of phenolic OH excluding ortho intramolecular Hbond substituents is 1. The van der Waals surface area contributed by atoms with E-state index in [4.69, 9.17) is 0 Å². The van der Waals surface area contributed by atoms with Crippen LogP contribution in [0.2, 0.25) is 0 Å². The van der Waals surface area contributed by atoms with Crippen LogP contribution in [0.25, 0.3) is 21.9 Å². The van der Waals surface area contributed by atoms with Crippen molar-refractivity contribution in [2.24, 2.45) is 0 Å². The lowest BCUT2D eigenvalue weighted by molar-refractivity contribution is 0.471. The van der Waals surface area contributed by atoms with Gasteiger partial charge in [-0.05, 0) is 15.9 Å². The molecule has 0 saturated heterocycles. The molecular formula is C10H5BrFN3O2. The Balaban J connectivity index is 2.65. The summed E-state index contributed by atoms with van der Waals surface area (Å²) in [5, 5.41) is 10.2. The maximum atomic E-state index is 13.4. The van der Waals surface area contributed by atoms with Gasteiger partial charge in [0.1, 0.15) is 11.6 Å². The second kappa shape index (κ2) is 3.30. The van der Waals surface area contributed by atoms with Gasteiger partial charge in [-0.15, -0.1) is 0 Å². The molecular weight excluding hydrogens is 293 g/mol. The molecule has 17 heavy (non-hydrogen) atoms. The molecule has 7 heteroatoms. The van der Waals surface area contributed by atoms with Crippen LogP contribution in [-0.2, 0) is 0 Å². The first kappa shape index (κ1) is 10.3. The normalized spacial score (nSPS) is 11.4. The zero-order valence-electron chi connectivity index (χ0n) is 8.21. The highest BCUT2D eigenvalue weighted by molar-refractivity contribution is 9.10. The fourth-order valence-electron chi connectivity index (χ4n) is 1.77. The van der Waals surface area contributed by atoms with E-state index < -0.39 is 11.5 Å². The standard InChI is InChI=1S/C10H5BrFN3O2/c11-7-3(12)1-4-6(9(7)16)8-5(2-13-4)14-10(17)15-8/h1-2,16H,(H2,14,15,17). The van der Waals surface area contributed by atoms with Gasteiger partial charge in [0.2, 0.25) is 0 Å². The molecule has 0 fully saturated rings. The van der Waals surface area contributed by atoms with Crippen LogP contribution in [0.3, 0.4) is 0 Å². The Bertz CT molecular complexity index is 809. The van der Waals surface area contributed by atoms with Crippen molar-refractivity contribution < 1.29 is 9.50 Å². The van der Waals surface area contributed by atoms with Gasteiger partial charge in [0.25, 0.3) is 0 Å². The Labute approximate surface area is 101 Å². The number of aromatic hydroxyl groups is 1. The van der Waals surface area contributed by atoms with Gasteiger partial charge in [0.15, 0.2) is 0 Å². The van der Waals surface area contributed by atoms with Crippen molar-refractivity contribution in [1.82, 2.24) is 15.0 Å². The van der Waals surface area contributed by atoms with Crippen LogP contribution in [-0.4, -0.2) is 20.1 Å². The maximum Gasteiger partial charge on any atom is 0.323 e. The molecule has 0 unspecified atom stereocenters. The molecule has 0 atom stereocenters. The first-order valence-electron chi connectivity index (χ1n) is 4.65. The highest BCUT2D eigenvalue weighted by Gasteiger charge is 2.15. The minimum Gasteiger partial charge on any atom is -0.506 e. The van der Waals surface area contributed by atoms with Crippen LogP contribution in [0.1, 0.15) is 0 Å². The summed E-state index contributed by atoms with van der Waals surface area (Å²) in [5.74, 6) is -0.895. The number of pyridine rings is 1. The molecule has 86 valence electrons. The molecule has 0 bridgehead atoms. The van der Waals surface area contributed by atoms with Gasteiger partial charge >= 0.3 is 5.69 Å². The van der Waals surface area contributed by atoms with Crippen LogP contribution < -0.4 is 5.69 Å². The Hall–Kier alpha value is -1.89. The number of hydrogen-bond donors (Lipinski definition) is 3. The molecule has 0 radical (unpaired) electrons. The molecule has 0 aliphatic heterocycles. The molecule has 0 spiro atoms. The number of benzene rings is 1. The Morgan fingerprint density at radius 2 is 2.18 bits per heavy atom. The van der Waals surface area contributed by atoms with Gasteiger partial charge in [-0.3, -0.25) is 4.98 Å². The van der Waals surface area contributed by atoms with Crippen molar-refractivity contribution in [3.8, 4) is 5.75 Å². The number of phenols is 1. The van der Waals surface area contributed by atoms with Gasteiger partial charge in [-0.25, -0.2) is 9.18 Å². The van der Waals surface area contributed by atoms with E-state index in [1.54, 1.807) is 0 Å². The highest BCUT2D eigenvalue weighted by Crippen LogP contribution is 2.36. The average molecular weight is 298 g/mol. The summed E-state index contributed by atoms with van der Waals surface area (Å²) in [7, 11) is 0. The van der Waals surface area contributed by atoms with Crippen LogP contribution in [0, 0.1) is 5.82 Å². The number of aromatic amines is 2. The molecule has 0 amide bonds. The van der Waals surface area contributed by atoms with Crippen molar-refractivity contribution in [3.63, 3.8) is 0 Å². The number of aromatic nitrogens is 3. The zero-order chi connectivity index (χ0) is 12.2. The summed E-state index contributed by atoms with van der Waals surface area (Å²) in [6.45, 7) is 0. The maximum absolute atomic E-state index is 13.4. The quantitative estimate of drug-likeness (QED) is 0.594. The monoisotopic (exact) mass is 297 g/mol. The van der Waals surface area contributed by atoms with Gasteiger partial charge in [0, 0.05) is 6.07 Å². The van der Waals surface area contributed by atoms with Crippen LogP contribution in [0.5, 0.6) is 5.75 Å². The Kier molecular flexibility index (Phi) is 1.99. The lowest BCUT2D eigenvalue weighted by Crippen LogP contribution is -1.99. The van der Waals surface area contributed by atoms with Crippen molar-refractivity contribution in [2.75, 3.05) is 0 Å². The Morgan fingerprint density at radius 1 is 1.41 bits per heavy atom. The van der Waals surface area contributed by atoms with E-state index in [1.165, 1.54) is 12.3 Å². The smallest absolute Gasteiger partial charge is 0.323 e. The molecule has 0 aliphatic carbocycles. The highest BCUT2D eigenvalue weighted by atomic mass is 79.9. The lowest BCUT2D eigenvalue weighted by Gasteiger charge is -2.04. The molecule has 3 aromatic rings. The first-order chi connectivity index (χ1) is 8.08. The van der Waals surface area contributed by atoms with E-state index >= 15 is 0 Å². The third-order valence-corrected chi connectivity index (χ3v) is 3.27. The predicted octanol–water partition coefficient (Wildman–Crippen LogP) is 2.01. The summed E-state index contributed by atoms with van der Waals surface area (Å²) < 4.78 is 13.3. The van der Waals surface area contributed by atoms with Crippen molar-refractivity contribution in [3.05, 3.63) is 33.0 Å². The first-order valence-corrected chi connectivity index (χ1v) is 5.45. The number of imidazole rings is 1. The predicted molar refractivity (Wildman–Crippen MR) is 63.5 cm³/mol. The summed E-state index contributed by atoms with van der Waals surface area (Å²) in [4.78, 5) is 20.2. The summed E-state index contributed by atoms with van der Waals surface area (Å²) in [6, 6.07) is 1.18. The van der Waals surface area contributed by atoms with Gasteiger partial charge < -0.3 is 15.1 Å². The number of halogens is 2. The molecule has 3 rings (SSSR count). The topological polar surface area (TPSA) is 81.8 Å². The van der Waals surface area contributed by atoms with E-state index in [0.717, 1.165) is 0 Å². The average Bonchev–Trinajstić information content (AvgIpc) is 2.66. The molecule has 2 aromatic heterocycles. The van der Waals surface area contributed by atoms with Crippen molar-refractivity contribution in [1.29, 1.82) is 0 Å². The molecule has 2 heterocycles. The minimum absolute atomic E-state index is 0.0543. The lowest BCUT2D eigenvalue weighted by atomic mass is 10.1.